The van der Waals surface area contributed by atoms with Gasteiger partial charge in [-0.2, -0.15) is 5.01 Å². The van der Waals surface area contributed by atoms with E-state index in [0.717, 1.165) is 8.04 Å². The molecule has 0 N–H and O–H groups in total. The Hall–Kier alpha value is -2.01. The molecule has 1 unspecified atom stereocenters. The van der Waals surface area contributed by atoms with E-state index in [1.54, 1.807) is 36.7 Å². The number of carbonyl (C=O) groups excluding carboxylic acids is 2. The van der Waals surface area contributed by atoms with Crippen molar-refractivity contribution in [2.24, 2.45) is 5.10 Å². The lowest BCUT2D eigenvalue weighted by Gasteiger charge is -2.19. The summed E-state index contributed by atoms with van der Waals surface area (Å²) in [6, 6.07) is 7.04. The summed E-state index contributed by atoms with van der Waals surface area (Å²) in [5, 5.41) is 5.53. The van der Waals surface area contributed by atoms with Crippen LogP contribution in [0.2, 0.25) is 0 Å². The van der Waals surface area contributed by atoms with E-state index >= 15 is 0 Å². The molecule has 9 heteroatoms. The molecule has 0 radical (unpaired) electrons. The van der Waals surface area contributed by atoms with Gasteiger partial charge in [-0.1, -0.05) is 0 Å². The van der Waals surface area contributed by atoms with Crippen molar-refractivity contribution in [3.05, 3.63) is 55.8 Å². The van der Waals surface area contributed by atoms with Gasteiger partial charge in [0.2, 0.25) is 18.0 Å². The molecular weight excluding hydrogens is 517 g/mol. The fraction of sp³-hybridized carbons (Fsp3) is 0.176. The number of amides is 1. The van der Waals surface area contributed by atoms with Crippen molar-refractivity contribution >= 4 is 56.3 Å². The van der Waals surface area contributed by atoms with Crippen molar-refractivity contribution in [1.29, 1.82) is 0 Å². The summed E-state index contributed by atoms with van der Waals surface area (Å²) in [5.74, 6) is -0.236. The summed E-state index contributed by atoms with van der Waals surface area (Å²) in [5.41, 5.74) is 1.15. The van der Waals surface area contributed by atoms with Crippen LogP contribution in [-0.2, 0) is 14.3 Å². The largest absolute Gasteiger partial charge is 0.446 e. The third kappa shape index (κ3) is 4.04. The Morgan fingerprint density at radius 3 is 2.69 bits per heavy atom. The van der Waals surface area contributed by atoms with Gasteiger partial charge in [0, 0.05) is 39.8 Å². The molecule has 0 aliphatic carbocycles. The van der Waals surface area contributed by atoms with Crippen molar-refractivity contribution in [3.8, 4) is 5.75 Å². The number of esters is 1. The molecule has 134 valence electrons. The Labute approximate surface area is 171 Å². The van der Waals surface area contributed by atoms with Gasteiger partial charge in [0.15, 0.2) is 0 Å². The first kappa shape index (κ1) is 18.8. The Balaban J connectivity index is 2.02. The number of carbonyl (C=O) groups is 2. The lowest BCUT2D eigenvalue weighted by atomic mass is 10.2. The van der Waals surface area contributed by atoms with Crippen LogP contribution in [0, 0.1) is 3.57 Å². The average molecular weight is 530 g/mol. The zero-order valence-corrected chi connectivity index (χ0v) is 17.5. The molecular formula is C17H13BrIN3O4. The highest BCUT2D eigenvalue weighted by Crippen LogP contribution is 2.33. The number of halogens is 2. The van der Waals surface area contributed by atoms with Gasteiger partial charge in [0.25, 0.3) is 0 Å². The van der Waals surface area contributed by atoms with E-state index in [4.69, 9.17) is 9.47 Å². The van der Waals surface area contributed by atoms with E-state index in [9.17, 15) is 9.59 Å². The number of hydrazone groups is 1. The molecule has 1 aromatic heterocycles. The lowest BCUT2D eigenvalue weighted by molar-refractivity contribution is -0.135. The number of aromatic nitrogens is 1. The second-order valence-corrected chi connectivity index (χ2v) is 7.57. The first-order valence-electron chi connectivity index (χ1n) is 7.49. The fourth-order valence-electron chi connectivity index (χ4n) is 2.37. The summed E-state index contributed by atoms with van der Waals surface area (Å²) in [7, 11) is 0. The minimum Gasteiger partial charge on any atom is -0.446 e. The van der Waals surface area contributed by atoms with E-state index in [0.29, 0.717) is 16.9 Å². The van der Waals surface area contributed by atoms with Crippen molar-refractivity contribution in [1.82, 2.24) is 9.99 Å². The topological polar surface area (TPSA) is 81.1 Å². The smallest absolute Gasteiger partial charge is 0.308 e. The van der Waals surface area contributed by atoms with Crippen LogP contribution in [0.15, 0.2) is 46.2 Å². The number of hydrogen-bond acceptors (Lipinski definition) is 6. The second-order valence-electron chi connectivity index (χ2n) is 5.41. The van der Waals surface area contributed by atoms with Gasteiger partial charge < -0.3 is 9.47 Å². The molecule has 1 amide bonds. The van der Waals surface area contributed by atoms with Gasteiger partial charge in [-0.15, -0.1) is 5.10 Å². The normalized spacial score (nSPS) is 16.1. The van der Waals surface area contributed by atoms with Crippen LogP contribution in [0.1, 0.15) is 31.2 Å². The maximum atomic E-state index is 12.0. The molecule has 3 rings (SSSR count). The van der Waals surface area contributed by atoms with Crippen LogP contribution in [0.3, 0.4) is 0 Å². The Kier molecular flexibility index (Phi) is 5.56. The summed E-state index contributed by atoms with van der Waals surface area (Å²) in [6.07, 6.45) is 2.48. The van der Waals surface area contributed by atoms with Gasteiger partial charge in [0.1, 0.15) is 5.75 Å². The molecule has 0 saturated carbocycles. The number of hydrogen-bond donors (Lipinski definition) is 0. The Morgan fingerprint density at radius 2 is 2.04 bits per heavy atom. The molecule has 0 saturated heterocycles. The second kappa shape index (κ2) is 7.70. The van der Waals surface area contributed by atoms with Crippen LogP contribution >= 0.6 is 38.5 Å². The molecule has 7 nitrogen and oxygen atoms in total. The molecule has 0 spiro atoms. The zero-order chi connectivity index (χ0) is 18.8. The molecule has 0 fully saturated rings. The number of benzene rings is 1. The third-order valence-electron chi connectivity index (χ3n) is 3.40. The summed E-state index contributed by atoms with van der Waals surface area (Å²) >= 11 is 5.49. The Morgan fingerprint density at radius 1 is 1.27 bits per heavy atom. The van der Waals surface area contributed by atoms with Crippen molar-refractivity contribution in [2.75, 3.05) is 0 Å². The average Bonchev–Trinajstić information content (AvgIpc) is 3.01. The van der Waals surface area contributed by atoms with Crippen molar-refractivity contribution in [2.45, 2.75) is 20.1 Å². The molecule has 0 bridgehead atoms. The quantitative estimate of drug-likeness (QED) is 0.345. The van der Waals surface area contributed by atoms with Gasteiger partial charge in [-0.3, -0.25) is 14.6 Å². The van der Waals surface area contributed by atoms with Crippen LogP contribution in [0.5, 0.6) is 5.75 Å². The molecule has 2 aromatic rings. The van der Waals surface area contributed by atoms with Crippen LogP contribution in [0.25, 0.3) is 0 Å². The maximum absolute atomic E-state index is 12.0. The van der Waals surface area contributed by atoms with E-state index in [-0.39, 0.29) is 11.8 Å². The predicted molar refractivity (Wildman–Crippen MR) is 105 cm³/mol. The summed E-state index contributed by atoms with van der Waals surface area (Å²) < 4.78 is 12.8. The number of pyridine rings is 1. The lowest BCUT2D eigenvalue weighted by Crippen LogP contribution is -2.25. The highest BCUT2D eigenvalue weighted by atomic mass is 127. The van der Waals surface area contributed by atoms with Crippen LogP contribution in [-0.4, -0.2) is 27.8 Å². The number of ether oxygens (including phenoxy) is 2. The van der Waals surface area contributed by atoms with Gasteiger partial charge >= 0.3 is 5.97 Å². The summed E-state index contributed by atoms with van der Waals surface area (Å²) in [6.45, 7) is 2.72. The van der Waals surface area contributed by atoms with Crippen molar-refractivity contribution < 1.29 is 19.1 Å². The van der Waals surface area contributed by atoms with Crippen LogP contribution in [0.4, 0.5) is 0 Å². The highest BCUT2D eigenvalue weighted by molar-refractivity contribution is 14.1. The predicted octanol–water partition coefficient (Wildman–Crippen LogP) is 3.61. The first-order chi connectivity index (χ1) is 12.3. The maximum Gasteiger partial charge on any atom is 0.308 e. The van der Waals surface area contributed by atoms with Gasteiger partial charge in [-0.25, -0.2) is 0 Å². The number of rotatable bonds is 3. The van der Waals surface area contributed by atoms with Gasteiger partial charge in [-0.05, 0) is 62.8 Å². The molecule has 1 aromatic carbocycles. The molecule has 1 aliphatic heterocycles. The molecule has 1 atom stereocenters. The first-order valence-corrected chi connectivity index (χ1v) is 9.36. The Bertz CT molecular complexity index is 919. The van der Waals surface area contributed by atoms with Crippen molar-refractivity contribution in [3.63, 3.8) is 0 Å². The SMILES string of the molecule is CC(=O)Oc1ccc(I)cc1C1=NN(C(C)=O)C(c2cncc(Br)c2)O1. The molecule has 2 heterocycles. The molecule has 26 heavy (non-hydrogen) atoms. The minimum absolute atomic E-state index is 0.194. The van der Waals surface area contributed by atoms with E-state index < -0.39 is 12.2 Å². The standard InChI is InChI=1S/C17H13BrIN3O4/c1-9(23)22-17(11-5-12(18)8-20-7-11)26-16(21-22)14-6-13(19)3-4-15(14)25-10(2)24/h3-8,17H,1-2H3. The van der Waals surface area contributed by atoms with Crippen LogP contribution < -0.4 is 4.74 Å². The number of nitrogens with zero attached hydrogens (tertiary/aromatic N) is 3. The summed E-state index contributed by atoms with van der Waals surface area (Å²) in [4.78, 5) is 27.5. The zero-order valence-electron chi connectivity index (χ0n) is 13.8. The molecule has 1 aliphatic rings. The highest BCUT2D eigenvalue weighted by Gasteiger charge is 2.34. The fourth-order valence-corrected chi connectivity index (χ4v) is 3.24. The van der Waals surface area contributed by atoms with E-state index in [1.165, 1.54) is 18.9 Å². The van der Waals surface area contributed by atoms with E-state index in [1.807, 2.05) is 0 Å². The van der Waals surface area contributed by atoms with Gasteiger partial charge in [0.05, 0.1) is 5.56 Å². The minimum atomic E-state index is -0.754. The third-order valence-corrected chi connectivity index (χ3v) is 4.51. The van der Waals surface area contributed by atoms with E-state index in [2.05, 4.69) is 48.6 Å². The monoisotopic (exact) mass is 529 g/mol.